The third-order valence-corrected chi connectivity index (χ3v) is 2.35. The van der Waals surface area contributed by atoms with Crippen LogP contribution in [0, 0.1) is 6.92 Å². The highest BCUT2D eigenvalue weighted by atomic mass is 13.9. The average molecular weight is 222 g/mol. The van der Waals surface area contributed by atoms with E-state index in [1.807, 2.05) is 42.5 Å². The van der Waals surface area contributed by atoms with E-state index in [1.54, 1.807) is 0 Å². The summed E-state index contributed by atoms with van der Waals surface area (Å²) in [7, 11) is 0. The molecule has 0 heterocycles. The molecule has 0 aliphatic rings. The Morgan fingerprint density at radius 3 is 1.59 bits per heavy atom. The second-order valence-corrected chi connectivity index (χ2v) is 3.73. The van der Waals surface area contributed by atoms with Crippen LogP contribution in [0.15, 0.2) is 67.8 Å². The summed E-state index contributed by atoms with van der Waals surface area (Å²) in [4.78, 5) is 0. The molecule has 17 heavy (non-hydrogen) atoms. The molecule has 0 fully saturated rings. The van der Waals surface area contributed by atoms with E-state index in [2.05, 4.69) is 44.3 Å². The number of rotatable bonds is 2. The molecule has 0 saturated heterocycles. The molecule has 86 valence electrons. The smallest absolute Gasteiger partial charge is 0.0262 e. The summed E-state index contributed by atoms with van der Waals surface area (Å²) in [5.41, 5.74) is 3.65. The first-order valence-corrected chi connectivity index (χ1v) is 5.63. The van der Waals surface area contributed by atoms with Gasteiger partial charge in [-0.05, 0) is 18.1 Å². The molecule has 0 radical (unpaired) electrons. The Morgan fingerprint density at radius 2 is 1.18 bits per heavy atom. The van der Waals surface area contributed by atoms with E-state index in [0.29, 0.717) is 0 Å². The first-order chi connectivity index (χ1) is 8.26. The number of hydrogen-bond acceptors (Lipinski definition) is 0. The van der Waals surface area contributed by atoms with Crippen molar-refractivity contribution in [1.82, 2.24) is 0 Å². The van der Waals surface area contributed by atoms with Gasteiger partial charge in [0.15, 0.2) is 0 Å². The van der Waals surface area contributed by atoms with Crippen LogP contribution in [0.4, 0.5) is 0 Å². The summed E-state index contributed by atoms with van der Waals surface area (Å²) >= 11 is 0. The molecule has 0 saturated carbocycles. The molecule has 0 spiro atoms. The van der Waals surface area contributed by atoms with Gasteiger partial charge in [0.25, 0.3) is 0 Å². The van der Waals surface area contributed by atoms with Crippen molar-refractivity contribution < 1.29 is 0 Å². The van der Waals surface area contributed by atoms with Gasteiger partial charge in [-0.3, -0.25) is 0 Å². The highest BCUT2D eigenvalue weighted by molar-refractivity contribution is 5.47. The van der Waals surface area contributed by atoms with Crippen LogP contribution >= 0.6 is 0 Å². The van der Waals surface area contributed by atoms with Crippen LogP contribution in [-0.4, -0.2) is 0 Å². The number of benzene rings is 2. The molecule has 2 aromatic carbocycles. The minimum absolute atomic E-state index is 1.17. The third-order valence-electron chi connectivity index (χ3n) is 2.35. The van der Waals surface area contributed by atoms with Gasteiger partial charge in [-0.15, -0.1) is 0 Å². The predicted octanol–water partition coefficient (Wildman–Crippen LogP) is 4.97. The Balaban J connectivity index is 0.000000171. The molecular formula is C17H18. The normalized spacial score (nSPS) is 8.76. The fourth-order valence-corrected chi connectivity index (χ4v) is 1.29. The van der Waals surface area contributed by atoms with Gasteiger partial charge in [-0.25, -0.2) is 0 Å². The van der Waals surface area contributed by atoms with E-state index >= 15 is 0 Å². The predicted molar refractivity (Wildman–Crippen MR) is 77.8 cm³/mol. The summed E-state index contributed by atoms with van der Waals surface area (Å²) in [6.07, 6.45) is 3.68. The molecule has 2 aromatic rings. The van der Waals surface area contributed by atoms with Crippen LogP contribution in [0.2, 0.25) is 0 Å². The zero-order chi connectivity index (χ0) is 12.5. The molecule has 0 aromatic heterocycles. The summed E-state index contributed by atoms with van der Waals surface area (Å²) in [5, 5.41) is 0. The maximum absolute atomic E-state index is 3.66. The summed E-state index contributed by atoms with van der Waals surface area (Å²) in [6.45, 7) is 9.37. The van der Waals surface area contributed by atoms with Crippen LogP contribution in [-0.2, 0) is 0 Å². The quantitative estimate of drug-likeness (QED) is 0.673. The van der Waals surface area contributed by atoms with Crippen LogP contribution in [0.3, 0.4) is 0 Å². The van der Waals surface area contributed by atoms with Crippen molar-refractivity contribution in [2.75, 3.05) is 0 Å². The van der Waals surface area contributed by atoms with Gasteiger partial charge in [0, 0.05) is 0 Å². The van der Waals surface area contributed by atoms with Gasteiger partial charge in [-0.1, -0.05) is 85.5 Å². The van der Waals surface area contributed by atoms with E-state index < -0.39 is 0 Å². The Hall–Kier alpha value is -2.08. The van der Waals surface area contributed by atoms with Crippen molar-refractivity contribution in [2.24, 2.45) is 0 Å². The Bertz CT molecular complexity index is 449. The molecule has 2 rings (SSSR count). The van der Waals surface area contributed by atoms with Gasteiger partial charge in [0.05, 0.1) is 0 Å². The highest BCUT2D eigenvalue weighted by Crippen LogP contribution is 2.02. The van der Waals surface area contributed by atoms with Crippen molar-refractivity contribution in [3.63, 3.8) is 0 Å². The van der Waals surface area contributed by atoms with E-state index in [0.717, 1.165) is 0 Å². The van der Waals surface area contributed by atoms with Crippen molar-refractivity contribution in [3.05, 3.63) is 84.4 Å². The van der Waals surface area contributed by atoms with Crippen LogP contribution in [0.5, 0.6) is 0 Å². The first-order valence-electron chi connectivity index (χ1n) is 5.63. The Morgan fingerprint density at radius 1 is 0.706 bits per heavy atom. The molecular weight excluding hydrogens is 204 g/mol. The van der Waals surface area contributed by atoms with Crippen molar-refractivity contribution in [2.45, 2.75) is 6.92 Å². The van der Waals surface area contributed by atoms with E-state index in [4.69, 9.17) is 0 Å². The molecule has 0 aliphatic heterocycles. The second-order valence-electron chi connectivity index (χ2n) is 3.73. The van der Waals surface area contributed by atoms with Gasteiger partial charge < -0.3 is 0 Å². The number of aryl methyl sites for hydroxylation is 1. The second kappa shape index (κ2) is 7.24. The van der Waals surface area contributed by atoms with Gasteiger partial charge in [-0.2, -0.15) is 0 Å². The first kappa shape index (κ1) is 13.0. The van der Waals surface area contributed by atoms with Crippen LogP contribution < -0.4 is 0 Å². The Kier molecular flexibility index (Phi) is 5.53. The van der Waals surface area contributed by atoms with Crippen molar-refractivity contribution in [1.29, 1.82) is 0 Å². The molecule has 0 aliphatic carbocycles. The lowest BCUT2D eigenvalue weighted by Crippen LogP contribution is -1.71. The fourth-order valence-electron chi connectivity index (χ4n) is 1.29. The standard InChI is InChI=1S/C9H10.C8H8/c1-3-9-6-4-8(2)5-7-9;1-2-8-6-4-3-5-7-8/h3-7H,1H2,2H3;2-7H,1H2. The van der Waals surface area contributed by atoms with Crippen molar-refractivity contribution in [3.8, 4) is 0 Å². The summed E-state index contributed by atoms with van der Waals surface area (Å²) in [5.74, 6) is 0. The average Bonchev–Trinajstić information content (AvgIpc) is 2.41. The Labute approximate surface area is 104 Å². The molecule has 0 atom stereocenters. The topological polar surface area (TPSA) is 0 Å². The molecule has 0 bridgehead atoms. The minimum atomic E-state index is 1.17. The molecule has 0 N–H and O–H groups in total. The zero-order valence-corrected chi connectivity index (χ0v) is 10.3. The highest BCUT2D eigenvalue weighted by Gasteiger charge is 1.82. The minimum Gasteiger partial charge on any atom is -0.0985 e. The fraction of sp³-hybridized carbons (Fsp3) is 0.0588. The molecule has 0 amide bonds. The maximum Gasteiger partial charge on any atom is -0.0262 e. The SMILES string of the molecule is C=Cc1ccc(C)cc1.C=Cc1ccccc1. The summed E-state index contributed by atoms with van der Waals surface area (Å²) < 4.78 is 0. The number of hydrogen-bond donors (Lipinski definition) is 0. The monoisotopic (exact) mass is 222 g/mol. The third kappa shape index (κ3) is 4.98. The molecule has 0 heteroatoms. The molecule has 0 nitrogen and oxygen atoms in total. The lowest BCUT2D eigenvalue weighted by molar-refractivity contribution is 1.46. The maximum atomic E-state index is 3.66. The van der Waals surface area contributed by atoms with E-state index in [1.165, 1.54) is 16.7 Å². The zero-order valence-electron chi connectivity index (χ0n) is 10.3. The van der Waals surface area contributed by atoms with Crippen LogP contribution in [0.1, 0.15) is 16.7 Å². The lowest BCUT2D eigenvalue weighted by Gasteiger charge is -1.91. The van der Waals surface area contributed by atoms with Gasteiger partial charge in [0.2, 0.25) is 0 Å². The summed E-state index contributed by atoms with van der Waals surface area (Å²) in [6, 6.07) is 18.3. The van der Waals surface area contributed by atoms with E-state index in [-0.39, 0.29) is 0 Å². The van der Waals surface area contributed by atoms with Gasteiger partial charge in [0.1, 0.15) is 0 Å². The molecule has 0 unspecified atom stereocenters. The lowest BCUT2D eigenvalue weighted by atomic mass is 10.2. The van der Waals surface area contributed by atoms with E-state index in [9.17, 15) is 0 Å². The van der Waals surface area contributed by atoms with Crippen molar-refractivity contribution >= 4 is 12.2 Å². The largest absolute Gasteiger partial charge is 0.0985 e. The van der Waals surface area contributed by atoms with Gasteiger partial charge >= 0.3 is 0 Å². The van der Waals surface area contributed by atoms with Crippen LogP contribution in [0.25, 0.3) is 12.2 Å².